The Morgan fingerprint density at radius 3 is 0.727 bits per heavy atom. The van der Waals surface area contributed by atoms with Crippen LogP contribution in [0.1, 0.15) is 0 Å². The Morgan fingerprint density at radius 2 is 0.591 bits per heavy atom. The van der Waals surface area contributed by atoms with Gasteiger partial charge < -0.3 is 0 Å². The highest BCUT2D eigenvalue weighted by Gasteiger charge is 2.90. The summed E-state index contributed by atoms with van der Waals surface area (Å²) in [5, 5.41) is 0.439. The molecule has 0 amide bonds. The Hall–Kier alpha value is -0.920. The summed E-state index contributed by atoms with van der Waals surface area (Å²) in [5.41, 5.74) is 0. The first kappa shape index (κ1) is 21.1. The minimum absolute atomic E-state index is 0.0670. The molecule has 0 spiro atoms. The lowest BCUT2D eigenvalue weighted by Crippen LogP contribution is -2.73. The molecule has 0 atom stereocenters. The quantitative estimate of drug-likeness (QED) is 0.539. The van der Waals surface area contributed by atoms with Crippen LogP contribution in [0.5, 0.6) is 0 Å². The lowest BCUT2D eigenvalue weighted by molar-refractivity contribution is -0.429. The first-order valence-electron chi connectivity index (χ1n) is 5.02. The van der Waals surface area contributed by atoms with Crippen molar-refractivity contribution in [3.8, 4) is 0 Å². The fourth-order valence-corrected chi connectivity index (χ4v) is 1.10. The molecule has 22 heavy (non-hydrogen) atoms. The van der Waals surface area contributed by atoms with Gasteiger partial charge in [-0.1, -0.05) is 0 Å². The number of hydrogen-bond acceptors (Lipinski definition) is 2. The molecular weight excluding hydrogens is 352 g/mol. The van der Waals surface area contributed by atoms with E-state index in [1.165, 1.54) is 0 Å². The van der Waals surface area contributed by atoms with Crippen LogP contribution in [0, 0.1) is 0 Å². The fourth-order valence-electron chi connectivity index (χ4n) is 1.10. The average Bonchev–Trinajstić information content (AvgIpc) is 2.37. The number of rotatable bonds is 7. The van der Waals surface area contributed by atoms with Gasteiger partial charge in [-0.05, 0) is 14.1 Å². The van der Waals surface area contributed by atoms with Gasteiger partial charge in [-0.25, -0.2) is 0 Å². The lowest BCUT2D eigenvalue weighted by atomic mass is 9.95. The molecule has 0 bridgehead atoms. The van der Waals surface area contributed by atoms with Gasteiger partial charge in [0.25, 0.3) is 0 Å². The molecule has 14 heteroatoms. The number of hydrogen-bond donors (Lipinski definition) is 2. The molecule has 0 aliphatic rings. The van der Waals surface area contributed by atoms with Gasteiger partial charge >= 0.3 is 35.8 Å². The van der Waals surface area contributed by atoms with Gasteiger partial charge in [0.05, 0.1) is 0 Å². The molecule has 0 radical (unpaired) electrons. The van der Waals surface area contributed by atoms with Crippen LogP contribution < -0.4 is 10.6 Å². The maximum atomic E-state index is 13.0. The molecule has 0 heterocycles. The normalized spacial score (nSPS) is 16.1. The molecule has 0 rings (SSSR count). The summed E-state index contributed by atoms with van der Waals surface area (Å²) in [4.78, 5) is 0. The molecule has 0 aliphatic heterocycles. The van der Waals surface area contributed by atoms with Crippen molar-refractivity contribution < 1.29 is 52.7 Å². The zero-order chi connectivity index (χ0) is 18.4. The van der Waals surface area contributed by atoms with Gasteiger partial charge in [0.1, 0.15) is 0 Å². The van der Waals surface area contributed by atoms with E-state index in [2.05, 4.69) is 0 Å². The van der Waals surface area contributed by atoms with Crippen LogP contribution in [0.15, 0.2) is 0 Å². The van der Waals surface area contributed by atoms with E-state index in [0.717, 1.165) is 0 Å². The van der Waals surface area contributed by atoms with Crippen LogP contribution in [0.25, 0.3) is 0 Å². The Bertz CT molecular complexity index is 366. The van der Waals surface area contributed by atoms with Crippen LogP contribution in [0.4, 0.5) is 52.7 Å². The number of halogens is 12. The SMILES string of the molecule is CNC(F)(F)C(F)(F)C(F)(F)C(F)(F)C(F)(F)C(F)(F)NC. The van der Waals surface area contributed by atoms with Crippen molar-refractivity contribution in [1.29, 1.82) is 0 Å². The molecule has 134 valence electrons. The van der Waals surface area contributed by atoms with Crippen molar-refractivity contribution in [3.63, 3.8) is 0 Å². The predicted molar refractivity (Wildman–Crippen MR) is 47.8 cm³/mol. The molecule has 0 aromatic carbocycles. The van der Waals surface area contributed by atoms with E-state index in [4.69, 9.17) is 0 Å². The van der Waals surface area contributed by atoms with Gasteiger partial charge in [-0.15, -0.1) is 0 Å². The second-order valence-corrected chi connectivity index (χ2v) is 3.95. The molecule has 0 saturated carbocycles. The highest BCUT2D eigenvalue weighted by Crippen LogP contribution is 2.58. The Balaban J connectivity index is 6.19. The third-order valence-corrected chi connectivity index (χ3v) is 2.60. The Kier molecular flexibility index (Phi) is 5.09. The van der Waals surface area contributed by atoms with E-state index < -0.39 is 35.8 Å². The van der Waals surface area contributed by atoms with Gasteiger partial charge in [-0.2, -0.15) is 52.7 Å². The largest absolute Gasteiger partial charge is 0.392 e. The second kappa shape index (κ2) is 5.32. The van der Waals surface area contributed by atoms with Crippen molar-refractivity contribution in [2.24, 2.45) is 0 Å². The summed E-state index contributed by atoms with van der Waals surface area (Å²) in [5.74, 6) is -29.3. The maximum Gasteiger partial charge on any atom is 0.392 e. The minimum atomic E-state index is -7.53. The monoisotopic (exact) mass is 360 g/mol. The van der Waals surface area contributed by atoms with E-state index in [-0.39, 0.29) is 24.7 Å². The van der Waals surface area contributed by atoms with E-state index in [1.54, 1.807) is 0 Å². The van der Waals surface area contributed by atoms with E-state index in [0.29, 0.717) is 0 Å². The summed E-state index contributed by atoms with van der Waals surface area (Å²) in [6, 6.07) is -12.2. The van der Waals surface area contributed by atoms with Gasteiger partial charge in [-0.3, -0.25) is 10.6 Å². The second-order valence-electron chi connectivity index (χ2n) is 3.95. The smallest absolute Gasteiger partial charge is 0.256 e. The molecule has 2 nitrogen and oxygen atoms in total. The fraction of sp³-hybridized carbons (Fsp3) is 1.00. The third kappa shape index (κ3) is 2.49. The summed E-state index contributed by atoms with van der Waals surface area (Å²) in [7, 11) is -0.134. The van der Waals surface area contributed by atoms with Gasteiger partial charge in [0.15, 0.2) is 0 Å². The molecule has 2 N–H and O–H groups in total. The van der Waals surface area contributed by atoms with Crippen molar-refractivity contribution in [2.75, 3.05) is 14.1 Å². The summed E-state index contributed by atoms with van der Waals surface area (Å²) in [6.07, 6.45) is 0. The van der Waals surface area contributed by atoms with Crippen LogP contribution >= 0.6 is 0 Å². The zero-order valence-electron chi connectivity index (χ0n) is 10.5. The van der Waals surface area contributed by atoms with Gasteiger partial charge in [0.2, 0.25) is 0 Å². The van der Waals surface area contributed by atoms with Crippen molar-refractivity contribution in [2.45, 2.75) is 35.8 Å². The standard InChI is InChI=1S/C8H8F12N2/c1-21-7(17,18)5(13,14)3(9,10)4(11,12)6(15,16)8(19,20)22-2/h21-22H,1-2H3. The van der Waals surface area contributed by atoms with Crippen molar-refractivity contribution >= 4 is 0 Å². The molecule has 0 aromatic rings. The van der Waals surface area contributed by atoms with E-state index in [1.807, 2.05) is 0 Å². The Labute approximate surface area is 114 Å². The molecule has 0 fully saturated rings. The highest BCUT2D eigenvalue weighted by molar-refractivity contribution is 5.10. The predicted octanol–water partition coefficient (Wildman–Crippen LogP) is 3.15. The average molecular weight is 360 g/mol. The van der Waals surface area contributed by atoms with Crippen LogP contribution in [0.3, 0.4) is 0 Å². The molecule has 0 saturated heterocycles. The zero-order valence-corrected chi connectivity index (χ0v) is 10.5. The number of nitrogens with one attached hydrogen (secondary N) is 2. The van der Waals surface area contributed by atoms with Crippen LogP contribution in [-0.4, -0.2) is 49.9 Å². The topological polar surface area (TPSA) is 24.1 Å². The van der Waals surface area contributed by atoms with E-state index >= 15 is 0 Å². The van der Waals surface area contributed by atoms with Crippen molar-refractivity contribution in [1.82, 2.24) is 10.6 Å². The molecule has 0 aromatic heterocycles. The molecule has 0 aliphatic carbocycles. The summed E-state index contributed by atoms with van der Waals surface area (Å²) >= 11 is 0. The summed E-state index contributed by atoms with van der Waals surface area (Å²) in [6.45, 7) is 0. The third-order valence-electron chi connectivity index (χ3n) is 2.60. The first-order valence-corrected chi connectivity index (χ1v) is 5.02. The highest BCUT2D eigenvalue weighted by atomic mass is 19.4. The minimum Gasteiger partial charge on any atom is -0.256 e. The van der Waals surface area contributed by atoms with Gasteiger partial charge in [0, 0.05) is 0 Å². The van der Waals surface area contributed by atoms with Crippen LogP contribution in [-0.2, 0) is 0 Å². The maximum absolute atomic E-state index is 13.0. The Morgan fingerprint density at radius 1 is 0.409 bits per heavy atom. The number of alkyl halides is 12. The van der Waals surface area contributed by atoms with Crippen LogP contribution in [0.2, 0.25) is 0 Å². The van der Waals surface area contributed by atoms with E-state index in [9.17, 15) is 52.7 Å². The summed E-state index contributed by atoms with van der Waals surface area (Å²) < 4.78 is 154. The molecule has 0 unspecified atom stereocenters. The molecular formula is C8H8F12N2. The van der Waals surface area contributed by atoms with Crippen molar-refractivity contribution in [3.05, 3.63) is 0 Å². The first-order chi connectivity index (χ1) is 9.37. The lowest BCUT2D eigenvalue weighted by Gasteiger charge is -2.40.